The van der Waals surface area contributed by atoms with E-state index in [0.29, 0.717) is 17.9 Å². The first-order chi connectivity index (χ1) is 12.3. The van der Waals surface area contributed by atoms with Crippen LogP contribution in [0, 0.1) is 11.8 Å². The van der Waals surface area contributed by atoms with Crippen LogP contribution in [0.15, 0.2) is 33.3 Å². The molecule has 0 radical (unpaired) electrons. The lowest BCUT2D eigenvalue weighted by molar-refractivity contribution is 0.134. The van der Waals surface area contributed by atoms with E-state index in [0.717, 1.165) is 55.3 Å². The maximum atomic E-state index is 5.67. The highest BCUT2D eigenvalue weighted by atomic mass is 16.5. The Kier molecular flexibility index (Phi) is 7.30. The number of hydrogen-bond donors (Lipinski definition) is 1. The molecule has 0 bridgehead atoms. The zero-order chi connectivity index (χ0) is 19.3. The van der Waals surface area contributed by atoms with Crippen LogP contribution in [-0.2, 0) is 4.74 Å². The number of nitrogens with zero attached hydrogens (tertiary/aromatic N) is 3. The summed E-state index contributed by atoms with van der Waals surface area (Å²) in [5.74, 6) is 3.83. The molecule has 1 N–H and O–H groups in total. The van der Waals surface area contributed by atoms with Crippen molar-refractivity contribution in [1.29, 1.82) is 0 Å². The standard InChI is InChI=1S/C21H36N4O/c1-8-18(14(2)3)20-23-19(22-17-11-10-16(5)26-13-17)12-9-15(4)21(24-20)25(6)7/h13-16H,8-12H2,1-7H3,(H,22,23)/b20-18-,24-21?. The predicted octanol–water partition coefficient (Wildman–Crippen LogP) is 4.68. The van der Waals surface area contributed by atoms with Crippen LogP contribution < -0.4 is 5.32 Å². The van der Waals surface area contributed by atoms with Gasteiger partial charge in [0.15, 0.2) is 5.82 Å². The molecule has 0 fully saturated rings. The summed E-state index contributed by atoms with van der Waals surface area (Å²) in [6, 6.07) is 0. The summed E-state index contributed by atoms with van der Waals surface area (Å²) in [6.45, 7) is 11.0. The van der Waals surface area contributed by atoms with Crippen molar-refractivity contribution in [1.82, 2.24) is 10.2 Å². The lowest BCUT2D eigenvalue weighted by Gasteiger charge is -2.27. The molecule has 0 spiro atoms. The van der Waals surface area contributed by atoms with Crippen molar-refractivity contribution in [2.24, 2.45) is 21.8 Å². The Morgan fingerprint density at radius 1 is 1.23 bits per heavy atom. The molecule has 0 saturated carbocycles. The third kappa shape index (κ3) is 5.36. The van der Waals surface area contributed by atoms with Crippen molar-refractivity contribution in [2.45, 2.75) is 72.8 Å². The molecule has 0 aromatic carbocycles. The van der Waals surface area contributed by atoms with Gasteiger partial charge in [0.25, 0.3) is 0 Å². The van der Waals surface area contributed by atoms with Gasteiger partial charge in [0.1, 0.15) is 17.9 Å². The Hall–Kier alpha value is -1.78. The van der Waals surface area contributed by atoms with Crippen LogP contribution in [0.4, 0.5) is 0 Å². The van der Waals surface area contributed by atoms with Crippen LogP contribution in [0.1, 0.15) is 66.7 Å². The molecule has 0 aliphatic carbocycles. The monoisotopic (exact) mass is 360 g/mol. The summed E-state index contributed by atoms with van der Waals surface area (Å²) in [5.41, 5.74) is 2.43. The molecule has 2 atom stereocenters. The summed E-state index contributed by atoms with van der Waals surface area (Å²) < 4.78 is 5.67. The first kappa shape index (κ1) is 20.5. The summed E-state index contributed by atoms with van der Waals surface area (Å²) in [4.78, 5) is 12.1. The van der Waals surface area contributed by atoms with Gasteiger partial charge in [-0.1, -0.05) is 27.7 Å². The van der Waals surface area contributed by atoms with E-state index in [-0.39, 0.29) is 0 Å². The van der Waals surface area contributed by atoms with Gasteiger partial charge >= 0.3 is 0 Å². The highest BCUT2D eigenvalue weighted by Crippen LogP contribution is 2.25. The minimum absolute atomic E-state index is 0.301. The van der Waals surface area contributed by atoms with Crippen LogP contribution >= 0.6 is 0 Å². The molecule has 5 heteroatoms. The third-order valence-corrected chi connectivity index (χ3v) is 5.11. The van der Waals surface area contributed by atoms with Crippen molar-refractivity contribution in [3.63, 3.8) is 0 Å². The van der Waals surface area contributed by atoms with Gasteiger partial charge in [-0.2, -0.15) is 0 Å². The molecule has 2 heterocycles. The van der Waals surface area contributed by atoms with Gasteiger partial charge in [0, 0.05) is 26.4 Å². The second-order valence-corrected chi connectivity index (χ2v) is 7.97. The molecular formula is C21H36N4O. The molecule has 146 valence electrons. The van der Waals surface area contributed by atoms with Gasteiger partial charge in [-0.05, 0) is 44.1 Å². The number of allylic oxidation sites excluding steroid dienone is 2. The number of hydrogen-bond acceptors (Lipinski definition) is 5. The number of amidine groups is 2. The molecule has 2 rings (SSSR count). The number of ether oxygens (including phenoxy) is 1. The maximum absolute atomic E-state index is 5.67. The van der Waals surface area contributed by atoms with Crippen LogP contribution in [0.5, 0.6) is 0 Å². The Morgan fingerprint density at radius 2 is 1.96 bits per heavy atom. The molecule has 2 aliphatic heterocycles. The number of aliphatic imine (C=N–C) groups is 2. The zero-order valence-electron chi connectivity index (χ0n) is 17.6. The fraction of sp³-hybridized carbons (Fsp3) is 0.714. The fourth-order valence-electron chi connectivity index (χ4n) is 3.47. The first-order valence-corrected chi connectivity index (χ1v) is 9.99. The minimum atomic E-state index is 0.301. The van der Waals surface area contributed by atoms with E-state index < -0.39 is 0 Å². The largest absolute Gasteiger partial charge is 0.497 e. The average molecular weight is 361 g/mol. The van der Waals surface area contributed by atoms with Crippen LogP contribution in [0.3, 0.4) is 0 Å². The molecule has 26 heavy (non-hydrogen) atoms. The average Bonchev–Trinajstić information content (AvgIpc) is 2.57. The van der Waals surface area contributed by atoms with Gasteiger partial charge in [0.2, 0.25) is 0 Å². The van der Waals surface area contributed by atoms with Crippen molar-refractivity contribution < 1.29 is 4.74 Å². The van der Waals surface area contributed by atoms with E-state index >= 15 is 0 Å². The molecule has 0 saturated heterocycles. The molecule has 2 unspecified atom stereocenters. The summed E-state index contributed by atoms with van der Waals surface area (Å²) in [5, 5.41) is 3.53. The Bertz CT molecular complexity index is 614. The SMILES string of the molecule is CC/C(=C1\N=C(NC2=COC(C)CC2)CCC(C)C(N(C)C)=N1)C(C)C. The Labute approximate surface area is 159 Å². The maximum Gasteiger partial charge on any atom is 0.155 e. The van der Waals surface area contributed by atoms with Gasteiger partial charge < -0.3 is 15.0 Å². The lowest BCUT2D eigenvalue weighted by atomic mass is 9.99. The van der Waals surface area contributed by atoms with E-state index in [1.807, 2.05) is 6.26 Å². The first-order valence-electron chi connectivity index (χ1n) is 9.99. The zero-order valence-corrected chi connectivity index (χ0v) is 17.6. The van der Waals surface area contributed by atoms with Crippen molar-refractivity contribution >= 4 is 11.7 Å². The second-order valence-electron chi connectivity index (χ2n) is 7.97. The smallest absolute Gasteiger partial charge is 0.155 e. The molecule has 0 aromatic rings. The fourth-order valence-corrected chi connectivity index (χ4v) is 3.47. The van der Waals surface area contributed by atoms with E-state index in [4.69, 9.17) is 14.7 Å². The summed E-state index contributed by atoms with van der Waals surface area (Å²) in [6.07, 6.45) is 7.12. The lowest BCUT2D eigenvalue weighted by Crippen LogP contribution is -2.32. The topological polar surface area (TPSA) is 49.2 Å². The molecular weight excluding hydrogens is 324 g/mol. The molecule has 0 aromatic heterocycles. The van der Waals surface area contributed by atoms with Gasteiger partial charge in [-0.25, -0.2) is 9.98 Å². The molecule has 0 amide bonds. The molecule has 2 aliphatic rings. The van der Waals surface area contributed by atoms with E-state index in [1.54, 1.807) is 0 Å². The van der Waals surface area contributed by atoms with E-state index in [1.165, 1.54) is 5.57 Å². The van der Waals surface area contributed by atoms with Crippen LogP contribution in [0.2, 0.25) is 0 Å². The van der Waals surface area contributed by atoms with Crippen LogP contribution in [-0.4, -0.2) is 36.8 Å². The quantitative estimate of drug-likeness (QED) is 0.795. The van der Waals surface area contributed by atoms with Crippen molar-refractivity contribution in [3.05, 3.63) is 23.4 Å². The normalized spacial score (nSPS) is 26.1. The highest BCUT2D eigenvalue weighted by molar-refractivity contribution is 5.89. The van der Waals surface area contributed by atoms with E-state index in [2.05, 4.69) is 58.9 Å². The number of rotatable bonds is 3. The second kappa shape index (κ2) is 9.24. The Balaban J connectivity index is 2.41. The van der Waals surface area contributed by atoms with Gasteiger partial charge in [0.05, 0.1) is 11.8 Å². The predicted molar refractivity (Wildman–Crippen MR) is 110 cm³/mol. The minimum Gasteiger partial charge on any atom is -0.497 e. The van der Waals surface area contributed by atoms with E-state index in [9.17, 15) is 0 Å². The molecule has 5 nitrogen and oxygen atoms in total. The summed E-state index contributed by atoms with van der Waals surface area (Å²) >= 11 is 0. The van der Waals surface area contributed by atoms with Crippen molar-refractivity contribution in [2.75, 3.05) is 14.1 Å². The van der Waals surface area contributed by atoms with Crippen LogP contribution in [0.25, 0.3) is 0 Å². The highest BCUT2D eigenvalue weighted by Gasteiger charge is 2.21. The summed E-state index contributed by atoms with van der Waals surface area (Å²) in [7, 11) is 4.15. The van der Waals surface area contributed by atoms with Gasteiger partial charge in [-0.15, -0.1) is 0 Å². The third-order valence-electron chi connectivity index (χ3n) is 5.11. The Morgan fingerprint density at radius 3 is 2.50 bits per heavy atom. The number of nitrogens with one attached hydrogen (secondary N) is 1. The van der Waals surface area contributed by atoms with Crippen molar-refractivity contribution in [3.8, 4) is 0 Å². The van der Waals surface area contributed by atoms with Gasteiger partial charge in [-0.3, -0.25) is 0 Å².